The van der Waals surface area contributed by atoms with Gasteiger partial charge in [0.05, 0.1) is 12.2 Å². The van der Waals surface area contributed by atoms with Gasteiger partial charge in [0.1, 0.15) is 5.54 Å². The molecule has 0 bridgehead atoms. The van der Waals surface area contributed by atoms with Gasteiger partial charge in [-0.2, -0.15) is 0 Å². The van der Waals surface area contributed by atoms with Crippen LogP contribution in [0.4, 0.5) is 0 Å². The fourth-order valence-electron chi connectivity index (χ4n) is 1.44. The summed E-state index contributed by atoms with van der Waals surface area (Å²) in [7, 11) is 0. The van der Waals surface area contributed by atoms with Gasteiger partial charge in [0.15, 0.2) is 0 Å². The van der Waals surface area contributed by atoms with Gasteiger partial charge in [0.25, 0.3) is 0 Å². The van der Waals surface area contributed by atoms with Crippen LogP contribution in [0.3, 0.4) is 0 Å². The molecule has 0 aliphatic rings. The van der Waals surface area contributed by atoms with Gasteiger partial charge in [-0.1, -0.05) is 37.3 Å². The molecule has 4 N–H and O–H groups in total. The van der Waals surface area contributed by atoms with Crippen LogP contribution in [0.1, 0.15) is 32.8 Å². The summed E-state index contributed by atoms with van der Waals surface area (Å²) in [5, 5.41) is 0. The zero-order valence-electron chi connectivity index (χ0n) is 11.3. The highest BCUT2D eigenvalue weighted by molar-refractivity contribution is 5.86. The zero-order chi connectivity index (χ0) is 13.8. The van der Waals surface area contributed by atoms with Gasteiger partial charge in [0.2, 0.25) is 5.91 Å². The molecule has 1 atom stereocenters. The topological polar surface area (TPSA) is 78.3 Å². The summed E-state index contributed by atoms with van der Waals surface area (Å²) in [6.07, 6.45) is 0.830. The third-order valence-electron chi connectivity index (χ3n) is 3.27. The molecule has 1 unspecified atom stereocenters. The first-order valence-corrected chi connectivity index (χ1v) is 6.10. The second-order valence-corrected chi connectivity index (χ2v) is 5.10. The number of nitrogens with two attached hydrogens (primary N) is 2. The van der Waals surface area contributed by atoms with Gasteiger partial charge in [-0.05, 0) is 25.8 Å². The second-order valence-electron chi connectivity index (χ2n) is 5.10. The van der Waals surface area contributed by atoms with Crippen LogP contribution in [0, 0.1) is 0 Å². The van der Waals surface area contributed by atoms with Gasteiger partial charge < -0.3 is 16.2 Å². The Morgan fingerprint density at radius 2 is 1.83 bits per heavy atom. The number of hydrogen-bond donors (Lipinski definition) is 2. The monoisotopic (exact) mass is 250 g/mol. The lowest BCUT2D eigenvalue weighted by Crippen LogP contribution is -2.53. The van der Waals surface area contributed by atoms with E-state index in [1.54, 1.807) is 12.1 Å². The molecule has 0 fully saturated rings. The molecule has 1 rings (SSSR count). The highest BCUT2D eigenvalue weighted by atomic mass is 16.5. The minimum absolute atomic E-state index is 0.0766. The van der Waals surface area contributed by atoms with E-state index in [1.165, 1.54) is 0 Å². The normalized spacial score (nSPS) is 15.1. The van der Waals surface area contributed by atoms with E-state index in [1.807, 2.05) is 39.0 Å². The van der Waals surface area contributed by atoms with Crippen molar-refractivity contribution in [2.45, 2.75) is 38.3 Å². The average Bonchev–Trinajstić information content (AvgIpc) is 2.37. The number of ether oxygens (including phenoxy) is 1. The van der Waals surface area contributed by atoms with Crippen LogP contribution in [0.5, 0.6) is 0 Å². The Labute approximate surface area is 108 Å². The fraction of sp³-hybridized carbons (Fsp3) is 0.500. The maximum atomic E-state index is 11.6. The van der Waals surface area contributed by atoms with Crippen molar-refractivity contribution in [1.82, 2.24) is 0 Å². The largest absolute Gasteiger partial charge is 0.373 e. The summed E-state index contributed by atoms with van der Waals surface area (Å²) in [4.78, 5) is 11.6. The number of rotatable bonds is 6. The highest BCUT2D eigenvalue weighted by Crippen LogP contribution is 2.22. The lowest BCUT2D eigenvalue weighted by atomic mass is 9.91. The van der Waals surface area contributed by atoms with Crippen LogP contribution in [-0.2, 0) is 15.1 Å². The van der Waals surface area contributed by atoms with Crippen molar-refractivity contribution in [3.05, 3.63) is 35.9 Å². The van der Waals surface area contributed by atoms with E-state index in [-0.39, 0.29) is 12.2 Å². The highest BCUT2D eigenvalue weighted by Gasteiger charge is 2.36. The van der Waals surface area contributed by atoms with E-state index in [0.717, 1.165) is 6.42 Å². The van der Waals surface area contributed by atoms with Crippen molar-refractivity contribution >= 4 is 5.91 Å². The predicted octanol–water partition coefficient (Wildman–Crippen LogP) is 1.53. The van der Waals surface area contributed by atoms with Crippen molar-refractivity contribution in [3.8, 4) is 0 Å². The number of carbonyl (C=O) groups excluding carboxylic acids is 1. The lowest BCUT2D eigenvalue weighted by Gasteiger charge is -2.32. The van der Waals surface area contributed by atoms with Crippen LogP contribution in [-0.4, -0.2) is 18.1 Å². The number of amides is 1. The zero-order valence-corrected chi connectivity index (χ0v) is 11.3. The van der Waals surface area contributed by atoms with E-state index in [4.69, 9.17) is 16.2 Å². The molecule has 4 heteroatoms. The molecular weight excluding hydrogens is 228 g/mol. The lowest BCUT2D eigenvalue weighted by molar-refractivity contribution is -0.129. The summed E-state index contributed by atoms with van der Waals surface area (Å²) in [6, 6.07) is 9.08. The molecule has 0 aliphatic carbocycles. The molecule has 100 valence electrons. The summed E-state index contributed by atoms with van der Waals surface area (Å²) >= 11 is 0. The number of carbonyl (C=O) groups is 1. The smallest absolute Gasteiger partial charge is 0.244 e. The van der Waals surface area contributed by atoms with Crippen LogP contribution >= 0.6 is 0 Å². The van der Waals surface area contributed by atoms with Crippen molar-refractivity contribution in [2.24, 2.45) is 11.5 Å². The first-order chi connectivity index (χ1) is 8.32. The van der Waals surface area contributed by atoms with Crippen LogP contribution in [0.2, 0.25) is 0 Å². The van der Waals surface area contributed by atoms with E-state index >= 15 is 0 Å². The standard InChI is InChI=1S/C14H22N2O2/c1-4-13(2,3)18-10-14(16,12(15)17)11-8-6-5-7-9-11/h5-9H,4,10,16H2,1-3H3,(H2,15,17). The van der Waals surface area contributed by atoms with Crippen LogP contribution in [0.15, 0.2) is 30.3 Å². The first kappa shape index (κ1) is 14.7. The molecule has 0 aliphatic heterocycles. The summed E-state index contributed by atoms with van der Waals surface area (Å²) in [5.74, 6) is -0.583. The molecule has 1 amide bonds. The molecule has 0 heterocycles. The quantitative estimate of drug-likeness (QED) is 0.803. The Bertz CT molecular complexity index is 404. The maximum Gasteiger partial charge on any atom is 0.244 e. The molecule has 0 aromatic heterocycles. The average molecular weight is 250 g/mol. The third kappa shape index (κ3) is 3.31. The van der Waals surface area contributed by atoms with Gasteiger partial charge in [-0.3, -0.25) is 4.79 Å². The molecule has 0 spiro atoms. The molecule has 18 heavy (non-hydrogen) atoms. The van der Waals surface area contributed by atoms with Crippen LogP contribution < -0.4 is 11.5 Å². The molecule has 1 aromatic carbocycles. The Kier molecular flexibility index (Phi) is 4.48. The number of primary amides is 1. The van der Waals surface area contributed by atoms with E-state index in [2.05, 4.69) is 0 Å². The van der Waals surface area contributed by atoms with Gasteiger partial charge in [-0.15, -0.1) is 0 Å². The van der Waals surface area contributed by atoms with E-state index in [0.29, 0.717) is 5.56 Å². The minimum Gasteiger partial charge on any atom is -0.373 e. The van der Waals surface area contributed by atoms with Gasteiger partial charge in [-0.25, -0.2) is 0 Å². The molecule has 0 saturated carbocycles. The third-order valence-corrected chi connectivity index (χ3v) is 3.27. The number of benzene rings is 1. The molecule has 0 radical (unpaired) electrons. The van der Waals surface area contributed by atoms with E-state index < -0.39 is 11.4 Å². The molecule has 4 nitrogen and oxygen atoms in total. The van der Waals surface area contributed by atoms with Gasteiger partial charge in [0, 0.05) is 0 Å². The van der Waals surface area contributed by atoms with Crippen molar-refractivity contribution < 1.29 is 9.53 Å². The molecule has 0 saturated heterocycles. The first-order valence-electron chi connectivity index (χ1n) is 6.10. The Morgan fingerprint density at radius 1 is 1.28 bits per heavy atom. The van der Waals surface area contributed by atoms with Crippen LogP contribution in [0.25, 0.3) is 0 Å². The molecule has 1 aromatic rings. The van der Waals surface area contributed by atoms with Gasteiger partial charge >= 0.3 is 0 Å². The maximum absolute atomic E-state index is 11.6. The molecular formula is C14H22N2O2. The minimum atomic E-state index is -1.28. The van der Waals surface area contributed by atoms with E-state index in [9.17, 15) is 4.79 Å². The number of hydrogen-bond acceptors (Lipinski definition) is 3. The Morgan fingerprint density at radius 3 is 2.28 bits per heavy atom. The van der Waals surface area contributed by atoms with Crippen molar-refractivity contribution in [1.29, 1.82) is 0 Å². The summed E-state index contributed by atoms with van der Waals surface area (Å²) in [6.45, 7) is 6.01. The second kappa shape index (κ2) is 5.50. The SMILES string of the molecule is CCC(C)(C)OCC(N)(C(N)=O)c1ccccc1. The Hall–Kier alpha value is -1.39. The van der Waals surface area contributed by atoms with Crippen molar-refractivity contribution in [2.75, 3.05) is 6.61 Å². The van der Waals surface area contributed by atoms with Crippen molar-refractivity contribution in [3.63, 3.8) is 0 Å². The Balaban J connectivity index is 2.93. The fourth-order valence-corrected chi connectivity index (χ4v) is 1.44. The summed E-state index contributed by atoms with van der Waals surface area (Å²) < 4.78 is 5.73. The predicted molar refractivity (Wildman–Crippen MR) is 71.8 cm³/mol. The summed E-state index contributed by atoms with van der Waals surface area (Å²) in [5.41, 5.74) is 10.6.